The van der Waals surface area contributed by atoms with Crippen molar-refractivity contribution in [3.8, 4) is 0 Å². The fraction of sp³-hybridized carbons (Fsp3) is 0.588. The lowest BCUT2D eigenvalue weighted by Gasteiger charge is -2.24. The highest BCUT2D eigenvalue weighted by molar-refractivity contribution is 5.77. The van der Waals surface area contributed by atoms with Crippen molar-refractivity contribution in [1.29, 1.82) is 0 Å². The Bertz CT molecular complexity index is 737. The van der Waals surface area contributed by atoms with Crippen LogP contribution in [-0.2, 0) is 11.2 Å². The summed E-state index contributed by atoms with van der Waals surface area (Å²) in [7, 11) is 0. The molecule has 25 heavy (non-hydrogen) atoms. The summed E-state index contributed by atoms with van der Waals surface area (Å²) >= 11 is 0. The van der Waals surface area contributed by atoms with Crippen LogP contribution in [-0.4, -0.2) is 37.5 Å². The zero-order valence-corrected chi connectivity index (χ0v) is 14.9. The summed E-state index contributed by atoms with van der Waals surface area (Å²) in [6.45, 7) is 6.52. The fourth-order valence-corrected chi connectivity index (χ4v) is 3.12. The van der Waals surface area contributed by atoms with E-state index in [0.717, 1.165) is 25.1 Å². The number of hydrogen-bond donors (Lipinski definition) is 1. The van der Waals surface area contributed by atoms with Gasteiger partial charge in [0.1, 0.15) is 11.6 Å². The van der Waals surface area contributed by atoms with Crippen molar-refractivity contribution in [3.05, 3.63) is 29.4 Å². The molecule has 8 nitrogen and oxygen atoms in total. The highest BCUT2D eigenvalue weighted by Gasteiger charge is 2.31. The molecule has 8 heteroatoms. The summed E-state index contributed by atoms with van der Waals surface area (Å²) < 4.78 is 5.57. The predicted octanol–water partition coefficient (Wildman–Crippen LogP) is 2.17. The van der Waals surface area contributed by atoms with E-state index in [9.17, 15) is 4.79 Å². The Morgan fingerprint density at radius 2 is 2.20 bits per heavy atom. The van der Waals surface area contributed by atoms with Gasteiger partial charge in [0, 0.05) is 31.4 Å². The third-order valence-corrected chi connectivity index (χ3v) is 4.32. The summed E-state index contributed by atoms with van der Waals surface area (Å²) in [5.41, 5.74) is 6.64. The van der Waals surface area contributed by atoms with Gasteiger partial charge in [-0.25, -0.2) is 9.97 Å². The molecule has 2 aromatic rings. The summed E-state index contributed by atoms with van der Waals surface area (Å²) in [5.74, 6) is 2.44. The molecule has 3 heterocycles. The number of nitrogen functional groups attached to an aromatic ring is 1. The predicted molar refractivity (Wildman–Crippen MR) is 91.6 cm³/mol. The van der Waals surface area contributed by atoms with Crippen molar-refractivity contribution in [2.75, 3.05) is 12.3 Å². The van der Waals surface area contributed by atoms with Crippen molar-refractivity contribution in [2.45, 2.75) is 58.4 Å². The number of rotatable bonds is 5. The van der Waals surface area contributed by atoms with E-state index in [-0.39, 0.29) is 17.9 Å². The second kappa shape index (κ2) is 7.16. The van der Waals surface area contributed by atoms with E-state index < -0.39 is 0 Å². The Kier molecular flexibility index (Phi) is 4.96. The summed E-state index contributed by atoms with van der Waals surface area (Å²) in [4.78, 5) is 23.1. The Balaban J connectivity index is 1.66. The molecule has 0 radical (unpaired) electrons. The number of aryl methyl sites for hydroxylation is 2. The van der Waals surface area contributed by atoms with Crippen LogP contribution in [0.3, 0.4) is 0 Å². The minimum atomic E-state index is -0.0367. The lowest BCUT2D eigenvalue weighted by Crippen LogP contribution is -2.31. The molecule has 1 atom stereocenters. The maximum Gasteiger partial charge on any atom is 0.223 e. The Morgan fingerprint density at radius 3 is 2.88 bits per heavy atom. The third kappa shape index (κ3) is 3.94. The zero-order chi connectivity index (χ0) is 18.0. The van der Waals surface area contributed by atoms with Gasteiger partial charge in [-0.2, -0.15) is 0 Å². The van der Waals surface area contributed by atoms with Crippen LogP contribution in [0.15, 0.2) is 10.5 Å². The van der Waals surface area contributed by atoms with Crippen molar-refractivity contribution in [1.82, 2.24) is 25.1 Å². The van der Waals surface area contributed by atoms with Gasteiger partial charge in [0.25, 0.3) is 0 Å². The Labute approximate surface area is 146 Å². The van der Waals surface area contributed by atoms with Crippen LogP contribution in [0.5, 0.6) is 0 Å². The van der Waals surface area contributed by atoms with Gasteiger partial charge in [-0.15, -0.1) is 10.2 Å². The number of carbonyl (C=O) groups is 1. The van der Waals surface area contributed by atoms with E-state index in [4.69, 9.17) is 10.2 Å². The summed E-state index contributed by atoms with van der Waals surface area (Å²) in [6, 6.07) is 1.72. The smallest absolute Gasteiger partial charge is 0.223 e. The van der Waals surface area contributed by atoms with Crippen molar-refractivity contribution in [2.24, 2.45) is 0 Å². The van der Waals surface area contributed by atoms with E-state index in [0.29, 0.717) is 36.3 Å². The van der Waals surface area contributed by atoms with Crippen LogP contribution in [0.25, 0.3) is 0 Å². The molecule has 0 aromatic carbocycles. The quantitative estimate of drug-likeness (QED) is 0.884. The molecule has 1 aliphatic heterocycles. The van der Waals surface area contributed by atoms with Gasteiger partial charge in [0.2, 0.25) is 17.7 Å². The average molecular weight is 344 g/mol. The highest BCUT2D eigenvalue weighted by atomic mass is 16.4. The van der Waals surface area contributed by atoms with Crippen LogP contribution >= 0.6 is 0 Å². The van der Waals surface area contributed by atoms with Gasteiger partial charge in [-0.3, -0.25) is 4.79 Å². The topological polar surface area (TPSA) is 111 Å². The van der Waals surface area contributed by atoms with E-state index in [1.165, 1.54) is 0 Å². The molecule has 0 saturated carbocycles. The number of aromatic nitrogens is 4. The highest BCUT2D eigenvalue weighted by Crippen LogP contribution is 2.32. The van der Waals surface area contributed by atoms with Gasteiger partial charge in [-0.05, 0) is 19.8 Å². The van der Waals surface area contributed by atoms with E-state index in [2.05, 4.69) is 20.2 Å². The second-order valence-electron chi connectivity index (χ2n) is 6.70. The molecule has 0 spiro atoms. The van der Waals surface area contributed by atoms with Gasteiger partial charge in [0.05, 0.1) is 11.7 Å². The van der Waals surface area contributed by atoms with Crippen LogP contribution < -0.4 is 5.73 Å². The van der Waals surface area contributed by atoms with Crippen molar-refractivity contribution >= 4 is 11.7 Å². The third-order valence-electron chi connectivity index (χ3n) is 4.32. The zero-order valence-electron chi connectivity index (χ0n) is 14.9. The number of carbonyl (C=O) groups excluding carboxylic acids is 1. The first-order valence-corrected chi connectivity index (χ1v) is 8.67. The van der Waals surface area contributed by atoms with Crippen molar-refractivity contribution in [3.63, 3.8) is 0 Å². The molecule has 3 rings (SSSR count). The molecule has 1 aliphatic rings. The number of anilines is 1. The van der Waals surface area contributed by atoms with E-state index in [1.54, 1.807) is 6.07 Å². The lowest BCUT2D eigenvalue weighted by molar-refractivity contribution is -0.132. The summed E-state index contributed by atoms with van der Waals surface area (Å²) in [6.07, 6.45) is 2.64. The minimum Gasteiger partial charge on any atom is -0.425 e. The molecule has 2 aromatic heterocycles. The normalized spacial score (nSPS) is 17.4. The molecule has 0 unspecified atom stereocenters. The first-order chi connectivity index (χ1) is 11.9. The van der Waals surface area contributed by atoms with Crippen LogP contribution in [0.4, 0.5) is 5.82 Å². The standard InChI is InChI=1S/C17H24N6O2/c1-10(2)17-22-21-15(25-17)6-7-16(24)23-8-4-5-13(23)12-9-14(18)20-11(3)19-12/h9-10,13H,4-8H2,1-3H3,(H2,18,19,20)/t13-/m0/s1. The second-order valence-corrected chi connectivity index (χ2v) is 6.70. The van der Waals surface area contributed by atoms with Gasteiger partial charge in [-0.1, -0.05) is 13.8 Å². The number of nitrogens with zero attached hydrogens (tertiary/aromatic N) is 5. The van der Waals surface area contributed by atoms with Gasteiger partial charge < -0.3 is 15.1 Å². The minimum absolute atomic E-state index is 0.0367. The molecule has 0 bridgehead atoms. The Hall–Kier alpha value is -2.51. The van der Waals surface area contributed by atoms with Crippen LogP contribution in [0, 0.1) is 6.92 Å². The number of hydrogen-bond acceptors (Lipinski definition) is 7. The number of amides is 1. The van der Waals surface area contributed by atoms with E-state index >= 15 is 0 Å². The van der Waals surface area contributed by atoms with Gasteiger partial charge >= 0.3 is 0 Å². The Morgan fingerprint density at radius 1 is 1.40 bits per heavy atom. The maximum absolute atomic E-state index is 12.7. The molecule has 0 aliphatic carbocycles. The van der Waals surface area contributed by atoms with Crippen molar-refractivity contribution < 1.29 is 9.21 Å². The van der Waals surface area contributed by atoms with Crippen LogP contribution in [0.2, 0.25) is 0 Å². The van der Waals surface area contributed by atoms with Gasteiger partial charge in [0.15, 0.2) is 0 Å². The largest absolute Gasteiger partial charge is 0.425 e. The first-order valence-electron chi connectivity index (χ1n) is 8.67. The average Bonchev–Trinajstić information content (AvgIpc) is 3.21. The molecule has 1 amide bonds. The summed E-state index contributed by atoms with van der Waals surface area (Å²) in [5, 5.41) is 8.01. The molecule has 1 saturated heterocycles. The van der Waals surface area contributed by atoms with Crippen LogP contribution in [0.1, 0.15) is 68.4 Å². The molecular formula is C17H24N6O2. The molecule has 2 N–H and O–H groups in total. The molecular weight excluding hydrogens is 320 g/mol. The van der Waals surface area contributed by atoms with E-state index in [1.807, 2.05) is 25.7 Å². The lowest BCUT2D eigenvalue weighted by atomic mass is 10.1. The number of likely N-dealkylation sites (tertiary alicyclic amines) is 1. The molecule has 1 fully saturated rings. The molecule has 134 valence electrons. The first kappa shape index (κ1) is 17.3. The maximum atomic E-state index is 12.7. The monoisotopic (exact) mass is 344 g/mol. The number of nitrogens with two attached hydrogens (primary N) is 1. The fourth-order valence-electron chi connectivity index (χ4n) is 3.12. The SMILES string of the molecule is Cc1nc(N)cc([C@@H]2CCCN2C(=O)CCc2nnc(C(C)C)o2)n1.